The summed E-state index contributed by atoms with van der Waals surface area (Å²) in [5.74, 6) is -1.03. The standard InChI is InChI=1S/C13H9NO4S2/c15-13(16)12(7-9-5-6-19-8-9)20-11-3-1-10(2-4-11)14(17)18/h1-8H,(H,15,16)/b12-7+. The molecule has 0 bridgehead atoms. The quantitative estimate of drug-likeness (QED) is 0.392. The highest BCUT2D eigenvalue weighted by molar-refractivity contribution is 8.04. The fraction of sp³-hybridized carbons (Fsp3) is 0. The number of benzene rings is 1. The van der Waals surface area contributed by atoms with Gasteiger partial charge in [0.25, 0.3) is 5.69 Å². The van der Waals surface area contributed by atoms with Crippen molar-refractivity contribution in [2.45, 2.75) is 4.90 Å². The van der Waals surface area contributed by atoms with E-state index in [1.807, 2.05) is 16.8 Å². The van der Waals surface area contributed by atoms with E-state index in [4.69, 9.17) is 0 Å². The van der Waals surface area contributed by atoms with Crippen LogP contribution in [-0.4, -0.2) is 16.0 Å². The molecule has 1 heterocycles. The molecule has 1 N–H and O–H groups in total. The molecule has 0 unspecified atom stereocenters. The zero-order valence-electron chi connectivity index (χ0n) is 10.1. The minimum Gasteiger partial charge on any atom is -0.477 e. The molecule has 0 aliphatic carbocycles. The third-order valence-corrected chi connectivity index (χ3v) is 4.05. The summed E-state index contributed by atoms with van der Waals surface area (Å²) in [6.07, 6.45) is 1.57. The van der Waals surface area contributed by atoms with E-state index in [2.05, 4.69) is 0 Å². The molecule has 5 nitrogen and oxygen atoms in total. The van der Waals surface area contributed by atoms with Crippen molar-refractivity contribution in [2.75, 3.05) is 0 Å². The summed E-state index contributed by atoms with van der Waals surface area (Å²) in [5.41, 5.74) is 0.801. The summed E-state index contributed by atoms with van der Waals surface area (Å²) in [6, 6.07) is 7.60. The third kappa shape index (κ3) is 3.69. The van der Waals surface area contributed by atoms with Crippen LogP contribution in [0.5, 0.6) is 0 Å². The second-order valence-electron chi connectivity index (χ2n) is 3.72. The zero-order chi connectivity index (χ0) is 14.5. The van der Waals surface area contributed by atoms with Gasteiger partial charge in [0, 0.05) is 17.0 Å². The van der Waals surface area contributed by atoms with Gasteiger partial charge in [0.2, 0.25) is 0 Å². The number of aliphatic carboxylic acids is 1. The number of nitro benzene ring substituents is 1. The first kappa shape index (κ1) is 14.3. The molecule has 0 saturated heterocycles. The Labute approximate surface area is 122 Å². The van der Waals surface area contributed by atoms with Crippen molar-refractivity contribution in [3.05, 3.63) is 61.7 Å². The Morgan fingerprint density at radius 2 is 2.00 bits per heavy atom. The SMILES string of the molecule is O=C(O)/C(=C\c1ccsc1)Sc1ccc([N+](=O)[O-])cc1. The van der Waals surface area contributed by atoms with Crippen molar-refractivity contribution in [1.82, 2.24) is 0 Å². The largest absolute Gasteiger partial charge is 0.477 e. The number of nitrogens with zero attached hydrogens (tertiary/aromatic N) is 1. The van der Waals surface area contributed by atoms with E-state index in [1.165, 1.54) is 35.6 Å². The van der Waals surface area contributed by atoms with Crippen molar-refractivity contribution in [3.8, 4) is 0 Å². The smallest absolute Gasteiger partial charge is 0.342 e. The lowest BCUT2D eigenvalue weighted by Crippen LogP contribution is -1.96. The molecule has 102 valence electrons. The maximum Gasteiger partial charge on any atom is 0.342 e. The van der Waals surface area contributed by atoms with Gasteiger partial charge >= 0.3 is 5.97 Å². The monoisotopic (exact) mass is 307 g/mol. The first-order valence-electron chi connectivity index (χ1n) is 5.46. The summed E-state index contributed by atoms with van der Waals surface area (Å²) in [5, 5.41) is 23.4. The van der Waals surface area contributed by atoms with Crippen LogP contribution in [0.1, 0.15) is 5.56 Å². The van der Waals surface area contributed by atoms with E-state index in [1.54, 1.807) is 6.08 Å². The number of hydrogen-bond acceptors (Lipinski definition) is 5. The molecular formula is C13H9NO4S2. The van der Waals surface area contributed by atoms with E-state index in [-0.39, 0.29) is 10.6 Å². The number of non-ortho nitro benzene ring substituents is 1. The molecule has 2 rings (SSSR count). The lowest BCUT2D eigenvalue weighted by Gasteiger charge is -2.02. The minimum absolute atomic E-state index is 0.0203. The fourth-order valence-corrected chi connectivity index (χ4v) is 2.83. The van der Waals surface area contributed by atoms with Crippen LogP contribution in [-0.2, 0) is 4.79 Å². The summed E-state index contributed by atoms with van der Waals surface area (Å²) < 4.78 is 0. The van der Waals surface area contributed by atoms with Gasteiger partial charge in [-0.15, -0.1) is 0 Å². The molecule has 0 atom stereocenters. The predicted octanol–water partition coefficient (Wildman–Crippen LogP) is 3.87. The second-order valence-corrected chi connectivity index (χ2v) is 5.62. The van der Waals surface area contributed by atoms with E-state index < -0.39 is 10.9 Å². The minimum atomic E-state index is -1.03. The van der Waals surface area contributed by atoms with Gasteiger partial charge in [-0.05, 0) is 40.6 Å². The number of thiophene rings is 1. The molecule has 7 heteroatoms. The van der Waals surface area contributed by atoms with Crippen molar-refractivity contribution < 1.29 is 14.8 Å². The average Bonchev–Trinajstić information content (AvgIpc) is 2.91. The summed E-state index contributed by atoms with van der Waals surface area (Å²) >= 11 is 2.54. The number of nitro groups is 1. The van der Waals surface area contributed by atoms with Gasteiger partial charge in [0.1, 0.15) is 0 Å². The lowest BCUT2D eigenvalue weighted by atomic mass is 10.3. The molecule has 0 fully saturated rings. The number of carbonyl (C=O) groups is 1. The van der Waals surface area contributed by atoms with Gasteiger partial charge in [-0.1, -0.05) is 11.8 Å². The Morgan fingerprint density at radius 3 is 2.50 bits per heavy atom. The maximum absolute atomic E-state index is 11.2. The topological polar surface area (TPSA) is 80.4 Å². The van der Waals surface area contributed by atoms with E-state index in [9.17, 15) is 20.0 Å². The Bertz CT molecular complexity index is 648. The van der Waals surface area contributed by atoms with Crippen LogP contribution in [0.2, 0.25) is 0 Å². The van der Waals surface area contributed by atoms with Crippen LogP contribution < -0.4 is 0 Å². The first-order valence-corrected chi connectivity index (χ1v) is 7.21. The number of thioether (sulfide) groups is 1. The molecule has 20 heavy (non-hydrogen) atoms. The molecule has 0 amide bonds. The highest BCUT2D eigenvalue weighted by Gasteiger charge is 2.11. The average molecular weight is 307 g/mol. The molecular weight excluding hydrogens is 298 g/mol. The Hall–Kier alpha value is -2.12. The zero-order valence-corrected chi connectivity index (χ0v) is 11.7. The van der Waals surface area contributed by atoms with Gasteiger partial charge < -0.3 is 5.11 Å². The van der Waals surface area contributed by atoms with Crippen molar-refractivity contribution >= 4 is 40.8 Å². The summed E-state index contributed by atoms with van der Waals surface area (Å²) in [6.45, 7) is 0. The van der Waals surface area contributed by atoms with Gasteiger partial charge in [0.05, 0.1) is 9.83 Å². The first-order chi connectivity index (χ1) is 9.56. The highest BCUT2D eigenvalue weighted by atomic mass is 32.2. The second kappa shape index (κ2) is 6.36. The van der Waals surface area contributed by atoms with Gasteiger partial charge in [0.15, 0.2) is 0 Å². The molecule has 0 radical (unpaired) electrons. The third-order valence-electron chi connectivity index (χ3n) is 2.33. The number of rotatable bonds is 5. The molecule has 0 saturated carbocycles. The normalized spacial score (nSPS) is 11.3. The number of hydrogen-bond donors (Lipinski definition) is 1. The fourth-order valence-electron chi connectivity index (χ4n) is 1.41. The molecule has 0 spiro atoms. The van der Waals surface area contributed by atoms with E-state index in [0.717, 1.165) is 17.3 Å². The molecule has 0 aliphatic heterocycles. The van der Waals surface area contributed by atoms with Crippen molar-refractivity contribution in [3.63, 3.8) is 0 Å². The Kier molecular flexibility index (Phi) is 4.54. The van der Waals surface area contributed by atoms with Crippen LogP contribution in [0.25, 0.3) is 6.08 Å². The van der Waals surface area contributed by atoms with Gasteiger partial charge in [-0.25, -0.2) is 4.79 Å². The van der Waals surface area contributed by atoms with Crippen LogP contribution >= 0.6 is 23.1 Å². The predicted molar refractivity (Wildman–Crippen MR) is 78.9 cm³/mol. The van der Waals surface area contributed by atoms with E-state index in [0.29, 0.717) is 4.90 Å². The van der Waals surface area contributed by atoms with E-state index >= 15 is 0 Å². The van der Waals surface area contributed by atoms with Crippen LogP contribution in [0.4, 0.5) is 5.69 Å². The number of carboxylic acids is 1. The van der Waals surface area contributed by atoms with Crippen LogP contribution in [0.15, 0.2) is 50.9 Å². The maximum atomic E-state index is 11.2. The molecule has 0 aliphatic rings. The van der Waals surface area contributed by atoms with Crippen molar-refractivity contribution in [1.29, 1.82) is 0 Å². The molecule has 2 aromatic rings. The Morgan fingerprint density at radius 1 is 1.30 bits per heavy atom. The van der Waals surface area contributed by atoms with Gasteiger partial charge in [-0.2, -0.15) is 11.3 Å². The van der Waals surface area contributed by atoms with Crippen LogP contribution in [0.3, 0.4) is 0 Å². The number of carboxylic acid groups (broad SMARTS) is 1. The van der Waals surface area contributed by atoms with Crippen LogP contribution in [0, 0.1) is 10.1 Å². The van der Waals surface area contributed by atoms with Crippen molar-refractivity contribution in [2.24, 2.45) is 0 Å². The Balaban J connectivity index is 2.20. The molecule has 1 aromatic carbocycles. The summed E-state index contributed by atoms with van der Waals surface area (Å²) in [7, 11) is 0. The highest BCUT2D eigenvalue weighted by Crippen LogP contribution is 2.30. The van der Waals surface area contributed by atoms with Gasteiger partial charge in [-0.3, -0.25) is 10.1 Å². The molecule has 1 aromatic heterocycles. The summed E-state index contributed by atoms with van der Waals surface area (Å²) in [4.78, 5) is 22.1. The lowest BCUT2D eigenvalue weighted by molar-refractivity contribution is -0.384.